The molecule has 62 valence electrons. The summed E-state index contributed by atoms with van der Waals surface area (Å²) in [7, 11) is 1.73. The van der Waals surface area contributed by atoms with E-state index in [2.05, 4.69) is 6.92 Å². The minimum Gasteiger partial charge on any atom is -0.324 e. The van der Waals surface area contributed by atoms with Gasteiger partial charge in [0.2, 0.25) is 6.41 Å². The van der Waals surface area contributed by atoms with Crippen LogP contribution in [-0.2, 0) is 4.79 Å². The molecule has 0 bridgehead atoms. The summed E-state index contributed by atoms with van der Waals surface area (Å²) in [6.45, 7) is 4.02. The van der Waals surface area contributed by atoms with Crippen molar-refractivity contribution in [3.8, 4) is 0 Å². The molecule has 0 aliphatic heterocycles. The van der Waals surface area contributed by atoms with E-state index < -0.39 is 0 Å². The van der Waals surface area contributed by atoms with E-state index in [4.69, 9.17) is 0 Å². The predicted molar refractivity (Wildman–Crippen MR) is 47.0 cm³/mol. The summed E-state index contributed by atoms with van der Waals surface area (Å²) in [6, 6.07) is 0. The highest BCUT2D eigenvalue weighted by Crippen LogP contribution is 2.02. The zero-order valence-electron chi connectivity index (χ0n) is 7.37. The van der Waals surface area contributed by atoms with E-state index in [1.165, 1.54) is 4.90 Å². The molecule has 0 aromatic carbocycles. The van der Waals surface area contributed by atoms with Crippen molar-refractivity contribution in [2.75, 3.05) is 7.05 Å². The second kappa shape index (κ2) is 5.71. The number of carbonyl (C=O) groups is 1. The lowest BCUT2D eigenvalue weighted by molar-refractivity contribution is -0.115. The normalized spacial score (nSPS) is 12.1. The third kappa shape index (κ3) is 4.37. The first-order valence-electron chi connectivity index (χ1n) is 3.75. The number of allylic oxidation sites excluding steroid dienone is 3. The average molecular weight is 153 g/mol. The van der Waals surface area contributed by atoms with Crippen molar-refractivity contribution in [1.82, 2.24) is 4.90 Å². The lowest BCUT2D eigenvalue weighted by Crippen LogP contribution is -2.07. The van der Waals surface area contributed by atoms with Gasteiger partial charge in [-0.05, 0) is 18.9 Å². The lowest BCUT2D eigenvalue weighted by atomic mass is 10.2. The molecule has 2 nitrogen and oxygen atoms in total. The van der Waals surface area contributed by atoms with Crippen LogP contribution in [0.4, 0.5) is 0 Å². The molecule has 0 unspecified atom stereocenters. The van der Waals surface area contributed by atoms with Gasteiger partial charge in [0.05, 0.1) is 0 Å². The Hall–Kier alpha value is -1.05. The molecular weight excluding hydrogens is 138 g/mol. The van der Waals surface area contributed by atoms with Crippen molar-refractivity contribution in [2.24, 2.45) is 0 Å². The third-order valence-electron chi connectivity index (χ3n) is 1.32. The van der Waals surface area contributed by atoms with Crippen LogP contribution in [0.1, 0.15) is 20.3 Å². The highest BCUT2D eigenvalue weighted by Gasteiger charge is 1.89. The molecule has 0 atom stereocenters. The molecule has 0 radical (unpaired) electrons. The summed E-state index contributed by atoms with van der Waals surface area (Å²) in [5.41, 5.74) is 1.15. The van der Waals surface area contributed by atoms with Crippen LogP contribution in [0.3, 0.4) is 0 Å². The summed E-state index contributed by atoms with van der Waals surface area (Å²) in [6.07, 6.45) is 7.53. The molecule has 0 rings (SSSR count). The summed E-state index contributed by atoms with van der Waals surface area (Å²) < 4.78 is 0. The molecular formula is C9H15NO. The molecule has 0 aliphatic carbocycles. The molecule has 0 N–H and O–H groups in total. The van der Waals surface area contributed by atoms with Crippen LogP contribution in [0, 0.1) is 0 Å². The van der Waals surface area contributed by atoms with Crippen LogP contribution in [0.5, 0.6) is 0 Å². The summed E-state index contributed by atoms with van der Waals surface area (Å²) in [4.78, 5) is 11.7. The van der Waals surface area contributed by atoms with Gasteiger partial charge in [-0.25, -0.2) is 0 Å². The van der Waals surface area contributed by atoms with Gasteiger partial charge in [0, 0.05) is 13.2 Å². The molecule has 0 fully saturated rings. The number of carbonyl (C=O) groups excluding carboxylic acids is 1. The van der Waals surface area contributed by atoms with Crippen molar-refractivity contribution in [2.45, 2.75) is 20.3 Å². The first-order valence-corrected chi connectivity index (χ1v) is 3.75. The summed E-state index contributed by atoms with van der Waals surface area (Å²) in [5.74, 6) is 0. The van der Waals surface area contributed by atoms with E-state index in [0.717, 1.165) is 18.4 Å². The fourth-order valence-electron chi connectivity index (χ4n) is 0.758. The zero-order chi connectivity index (χ0) is 8.69. The molecule has 0 saturated carbocycles. The number of amides is 1. The SMILES string of the molecule is C/C=C\C(=C/N(C)C=O)CC. The Balaban J connectivity index is 4.21. The number of hydrogen-bond donors (Lipinski definition) is 0. The standard InChI is InChI=1S/C9H15NO/c1-4-6-9(5-2)7-10(3)8-11/h4,6-8H,5H2,1-3H3/b6-4-,9-7-. The Bertz CT molecular complexity index is 170. The van der Waals surface area contributed by atoms with Crippen LogP contribution in [-0.4, -0.2) is 18.4 Å². The molecule has 0 heterocycles. The van der Waals surface area contributed by atoms with Gasteiger partial charge < -0.3 is 4.90 Å². The lowest BCUT2D eigenvalue weighted by Gasteiger charge is -2.04. The maximum Gasteiger partial charge on any atom is 0.213 e. The van der Waals surface area contributed by atoms with E-state index in [1.54, 1.807) is 7.05 Å². The highest BCUT2D eigenvalue weighted by molar-refractivity contribution is 5.49. The third-order valence-corrected chi connectivity index (χ3v) is 1.32. The average Bonchev–Trinajstić information content (AvgIpc) is 2.03. The van der Waals surface area contributed by atoms with Crippen LogP contribution in [0.2, 0.25) is 0 Å². The highest BCUT2D eigenvalue weighted by atomic mass is 16.1. The smallest absolute Gasteiger partial charge is 0.213 e. The van der Waals surface area contributed by atoms with Gasteiger partial charge in [-0.2, -0.15) is 0 Å². The van der Waals surface area contributed by atoms with Gasteiger partial charge in [0.1, 0.15) is 0 Å². The first kappa shape index (κ1) is 9.95. The summed E-state index contributed by atoms with van der Waals surface area (Å²) in [5, 5.41) is 0. The van der Waals surface area contributed by atoms with E-state index in [-0.39, 0.29) is 0 Å². The second-order valence-corrected chi connectivity index (χ2v) is 2.33. The Labute approximate surface area is 68.2 Å². The Kier molecular flexibility index (Phi) is 5.17. The first-order chi connectivity index (χ1) is 5.24. The van der Waals surface area contributed by atoms with Crippen molar-refractivity contribution in [3.63, 3.8) is 0 Å². The summed E-state index contributed by atoms with van der Waals surface area (Å²) >= 11 is 0. The Morgan fingerprint density at radius 2 is 2.18 bits per heavy atom. The molecule has 0 aromatic heterocycles. The van der Waals surface area contributed by atoms with Gasteiger partial charge in [-0.15, -0.1) is 0 Å². The second-order valence-electron chi connectivity index (χ2n) is 2.33. The minimum atomic E-state index is 0.791. The maximum atomic E-state index is 10.2. The minimum absolute atomic E-state index is 0.791. The Morgan fingerprint density at radius 1 is 1.55 bits per heavy atom. The van der Waals surface area contributed by atoms with E-state index in [0.29, 0.717) is 0 Å². The van der Waals surface area contributed by atoms with Crippen molar-refractivity contribution in [3.05, 3.63) is 23.9 Å². The van der Waals surface area contributed by atoms with Gasteiger partial charge in [-0.3, -0.25) is 4.79 Å². The number of hydrogen-bond acceptors (Lipinski definition) is 1. The van der Waals surface area contributed by atoms with E-state index in [1.807, 2.05) is 25.3 Å². The predicted octanol–water partition coefficient (Wildman–Crippen LogP) is 1.94. The van der Waals surface area contributed by atoms with Crippen LogP contribution in [0.15, 0.2) is 23.9 Å². The number of rotatable bonds is 4. The van der Waals surface area contributed by atoms with Crippen LogP contribution < -0.4 is 0 Å². The molecule has 0 saturated heterocycles. The van der Waals surface area contributed by atoms with Gasteiger partial charge in [0.25, 0.3) is 0 Å². The fraction of sp³-hybridized carbons (Fsp3) is 0.444. The topological polar surface area (TPSA) is 20.3 Å². The molecule has 0 aliphatic rings. The molecule has 0 aromatic rings. The van der Waals surface area contributed by atoms with Crippen LogP contribution in [0.25, 0.3) is 0 Å². The quantitative estimate of drug-likeness (QED) is 0.446. The molecule has 1 amide bonds. The number of nitrogens with zero attached hydrogens (tertiary/aromatic N) is 1. The molecule has 0 spiro atoms. The molecule has 11 heavy (non-hydrogen) atoms. The van der Waals surface area contributed by atoms with E-state index in [9.17, 15) is 4.79 Å². The fourth-order valence-corrected chi connectivity index (χ4v) is 0.758. The van der Waals surface area contributed by atoms with Gasteiger partial charge in [-0.1, -0.05) is 19.1 Å². The van der Waals surface area contributed by atoms with Crippen molar-refractivity contribution < 1.29 is 4.79 Å². The van der Waals surface area contributed by atoms with E-state index >= 15 is 0 Å². The Morgan fingerprint density at radius 3 is 2.55 bits per heavy atom. The largest absolute Gasteiger partial charge is 0.324 e. The molecule has 2 heteroatoms. The maximum absolute atomic E-state index is 10.2. The van der Waals surface area contributed by atoms with Crippen molar-refractivity contribution >= 4 is 6.41 Å². The van der Waals surface area contributed by atoms with Crippen molar-refractivity contribution in [1.29, 1.82) is 0 Å². The van der Waals surface area contributed by atoms with Gasteiger partial charge in [0.15, 0.2) is 0 Å². The monoisotopic (exact) mass is 153 g/mol. The zero-order valence-corrected chi connectivity index (χ0v) is 7.37. The van der Waals surface area contributed by atoms with Gasteiger partial charge >= 0.3 is 0 Å². The van der Waals surface area contributed by atoms with Crippen LogP contribution >= 0.6 is 0 Å².